The first-order valence-electron chi connectivity index (χ1n) is 2.63. The molecule has 2 atom stereocenters. The van der Waals surface area contributed by atoms with Crippen molar-refractivity contribution in [3.63, 3.8) is 0 Å². The van der Waals surface area contributed by atoms with Crippen molar-refractivity contribution in [3.05, 3.63) is 0 Å². The van der Waals surface area contributed by atoms with E-state index < -0.39 is 16.8 Å². The average Bonchev–Trinajstić information content (AvgIpc) is 2.44. The number of aliphatic carboxylic acids is 1. The van der Waals surface area contributed by atoms with Crippen LogP contribution < -0.4 is 0 Å². The van der Waals surface area contributed by atoms with Crippen LogP contribution in [0.15, 0.2) is 0 Å². The van der Waals surface area contributed by atoms with Crippen LogP contribution in [0.3, 0.4) is 0 Å². The molecule has 0 bridgehead atoms. The zero-order valence-electron chi connectivity index (χ0n) is 4.67. The molecular weight excluding hydrogens is 144 g/mol. The van der Waals surface area contributed by atoms with Crippen molar-refractivity contribution in [1.82, 2.24) is 0 Å². The molecule has 0 heterocycles. The monoisotopic (exact) mass is 150 g/mol. The third-order valence-corrected chi connectivity index (χ3v) is 2.11. The molecule has 0 saturated heterocycles. The summed E-state index contributed by atoms with van der Waals surface area (Å²) in [6, 6.07) is 0. The lowest BCUT2D eigenvalue weighted by molar-refractivity contribution is -0.138. The molecular formula is C5H7ClO3. The first kappa shape index (κ1) is 6.83. The molecule has 1 rings (SSSR count). The Labute approximate surface area is 57.2 Å². The fourth-order valence-corrected chi connectivity index (χ4v) is 1.01. The lowest BCUT2D eigenvalue weighted by Gasteiger charge is -1.98. The second-order valence-corrected chi connectivity index (χ2v) is 3.04. The molecule has 0 radical (unpaired) electrons. The smallest absolute Gasteiger partial charge is 0.308 e. The molecule has 9 heavy (non-hydrogen) atoms. The van der Waals surface area contributed by atoms with Crippen LogP contribution in [0.25, 0.3) is 0 Å². The van der Waals surface area contributed by atoms with Crippen LogP contribution in [-0.4, -0.2) is 27.7 Å². The van der Waals surface area contributed by atoms with E-state index in [2.05, 4.69) is 0 Å². The number of carboxylic acids is 1. The van der Waals surface area contributed by atoms with Gasteiger partial charge in [0.25, 0.3) is 0 Å². The van der Waals surface area contributed by atoms with Gasteiger partial charge >= 0.3 is 5.97 Å². The lowest BCUT2D eigenvalue weighted by Crippen LogP contribution is -2.13. The van der Waals surface area contributed by atoms with Crippen LogP contribution in [-0.2, 0) is 4.79 Å². The van der Waals surface area contributed by atoms with Crippen LogP contribution in [0.2, 0.25) is 0 Å². The Kier molecular flexibility index (Phi) is 1.41. The molecule has 1 fully saturated rings. The molecule has 1 aliphatic rings. The maximum atomic E-state index is 10.1. The number of alkyl halides is 1. The Morgan fingerprint density at radius 2 is 2.44 bits per heavy atom. The minimum absolute atomic E-state index is 0.245. The summed E-state index contributed by atoms with van der Waals surface area (Å²) in [5, 5.41) is 16.8. The van der Waals surface area contributed by atoms with Crippen molar-refractivity contribution in [2.24, 2.45) is 5.92 Å². The maximum absolute atomic E-state index is 10.1. The average molecular weight is 151 g/mol. The van der Waals surface area contributed by atoms with Gasteiger partial charge in [0, 0.05) is 0 Å². The van der Waals surface area contributed by atoms with Crippen LogP contribution in [0.4, 0.5) is 0 Å². The van der Waals surface area contributed by atoms with Gasteiger partial charge < -0.3 is 10.2 Å². The molecule has 0 aromatic carbocycles. The topological polar surface area (TPSA) is 57.5 Å². The molecule has 0 amide bonds. The van der Waals surface area contributed by atoms with Gasteiger partial charge in [-0.05, 0) is 6.42 Å². The van der Waals surface area contributed by atoms with Gasteiger partial charge in [0.2, 0.25) is 0 Å². The molecule has 1 aliphatic carbocycles. The van der Waals surface area contributed by atoms with Crippen molar-refractivity contribution in [1.29, 1.82) is 0 Å². The number of hydrogen-bond donors (Lipinski definition) is 2. The maximum Gasteiger partial charge on any atom is 0.308 e. The SMILES string of the molecule is O=C(O)[C@@H]1C[C@@]1(Cl)CO. The van der Waals surface area contributed by atoms with E-state index >= 15 is 0 Å². The number of aliphatic hydroxyl groups is 1. The van der Waals surface area contributed by atoms with Crippen molar-refractivity contribution in [2.45, 2.75) is 11.3 Å². The minimum atomic E-state index is -0.918. The fourth-order valence-electron chi connectivity index (χ4n) is 0.764. The molecule has 4 heteroatoms. The highest BCUT2D eigenvalue weighted by atomic mass is 35.5. The van der Waals surface area contributed by atoms with Crippen LogP contribution in [0.1, 0.15) is 6.42 Å². The summed E-state index contributed by atoms with van der Waals surface area (Å²) in [7, 11) is 0. The van der Waals surface area contributed by atoms with E-state index in [1.807, 2.05) is 0 Å². The Hall–Kier alpha value is -0.280. The van der Waals surface area contributed by atoms with E-state index in [-0.39, 0.29) is 6.61 Å². The highest BCUT2D eigenvalue weighted by Crippen LogP contribution is 2.49. The van der Waals surface area contributed by atoms with Gasteiger partial charge in [-0.15, -0.1) is 11.6 Å². The van der Waals surface area contributed by atoms with E-state index in [0.29, 0.717) is 6.42 Å². The van der Waals surface area contributed by atoms with Crippen molar-refractivity contribution in [3.8, 4) is 0 Å². The summed E-state index contributed by atoms with van der Waals surface area (Å²) in [6.07, 6.45) is 0.389. The molecule has 0 spiro atoms. The van der Waals surface area contributed by atoms with E-state index in [1.165, 1.54) is 0 Å². The summed E-state index contributed by atoms with van der Waals surface area (Å²) < 4.78 is 0. The highest BCUT2D eigenvalue weighted by molar-refractivity contribution is 6.28. The van der Waals surface area contributed by atoms with Crippen molar-refractivity contribution < 1.29 is 15.0 Å². The Balaban J connectivity index is 2.48. The van der Waals surface area contributed by atoms with Gasteiger partial charge in [-0.3, -0.25) is 4.79 Å². The van der Waals surface area contributed by atoms with Crippen molar-refractivity contribution >= 4 is 17.6 Å². The van der Waals surface area contributed by atoms with Crippen LogP contribution in [0, 0.1) is 5.92 Å². The number of carboxylic acid groups (broad SMARTS) is 1. The Morgan fingerprint density at radius 3 is 2.56 bits per heavy atom. The van der Waals surface area contributed by atoms with E-state index in [4.69, 9.17) is 21.8 Å². The standard InChI is InChI=1S/C5H7ClO3/c6-5(2-7)1-3(5)4(8)9/h3,7H,1-2H2,(H,8,9)/t3-,5+/m0/s1. The summed E-state index contributed by atoms with van der Waals surface area (Å²) in [5.74, 6) is -1.46. The number of hydrogen-bond acceptors (Lipinski definition) is 2. The first-order valence-corrected chi connectivity index (χ1v) is 3.00. The molecule has 3 nitrogen and oxygen atoms in total. The van der Waals surface area contributed by atoms with Gasteiger partial charge in [0.15, 0.2) is 0 Å². The minimum Gasteiger partial charge on any atom is -0.481 e. The zero-order chi connectivity index (χ0) is 7.07. The lowest BCUT2D eigenvalue weighted by atomic mass is 10.3. The third kappa shape index (κ3) is 1.02. The molecule has 52 valence electrons. The molecule has 0 unspecified atom stereocenters. The summed E-state index contributed by atoms with van der Waals surface area (Å²) >= 11 is 5.56. The van der Waals surface area contributed by atoms with Gasteiger partial charge in [0.1, 0.15) is 0 Å². The first-order chi connectivity index (χ1) is 4.10. The number of halogens is 1. The van der Waals surface area contributed by atoms with Gasteiger partial charge in [-0.1, -0.05) is 0 Å². The summed E-state index contributed by atoms with van der Waals surface area (Å²) in [6.45, 7) is -0.245. The van der Waals surface area contributed by atoms with Gasteiger partial charge in [-0.2, -0.15) is 0 Å². The van der Waals surface area contributed by atoms with Crippen LogP contribution >= 0.6 is 11.6 Å². The Bertz CT molecular complexity index is 147. The van der Waals surface area contributed by atoms with E-state index in [9.17, 15) is 4.79 Å². The highest BCUT2D eigenvalue weighted by Gasteiger charge is 2.57. The molecule has 0 aliphatic heterocycles. The largest absolute Gasteiger partial charge is 0.481 e. The third-order valence-electron chi connectivity index (χ3n) is 1.57. The Morgan fingerprint density at radius 1 is 1.89 bits per heavy atom. The quantitative estimate of drug-likeness (QED) is 0.548. The van der Waals surface area contributed by atoms with Crippen LogP contribution in [0.5, 0.6) is 0 Å². The normalized spacial score (nSPS) is 40.4. The summed E-state index contributed by atoms with van der Waals surface area (Å²) in [5.41, 5.74) is 0. The van der Waals surface area contributed by atoms with Gasteiger partial charge in [0.05, 0.1) is 17.4 Å². The number of rotatable bonds is 2. The fraction of sp³-hybridized carbons (Fsp3) is 0.800. The molecule has 2 N–H and O–H groups in total. The number of aliphatic hydroxyl groups excluding tert-OH is 1. The predicted molar refractivity (Wildman–Crippen MR) is 31.4 cm³/mol. The van der Waals surface area contributed by atoms with E-state index in [0.717, 1.165) is 0 Å². The second kappa shape index (κ2) is 1.85. The second-order valence-electron chi connectivity index (χ2n) is 2.29. The molecule has 0 aromatic rings. The predicted octanol–water partition coefficient (Wildman–Crippen LogP) is 0.0608. The number of carbonyl (C=O) groups is 1. The van der Waals surface area contributed by atoms with Gasteiger partial charge in [-0.25, -0.2) is 0 Å². The van der Waals surface area contributed by atoms with Crippen molar-refractivity contribution in [2.75, 3.05) is 6.61 Å². The zero-order valence-corrected chi connectivity index (χ0v) is 5.43. The summed E-state index contributed by atoms with van der Waals surface area (Å²) in [4.78, 5) is 9.30. The van der Waals surface area contributed by atoms with E-state index in [1.54, 1.807) is 0 Å². The molecule has 1 saturated carbocycles. The molecule has 0 aromatic heterocycles.